The molecule has 0 aliphatic rings. The minimum absolute atomic E-state index is 0.192. The van der Waals surface area contributed by atoms with E-state index in [0.717, 1.165) is 21.6 Å². The van der Waals surface area contributed by atoms with E-state index < -0.39 is 5.56 Å². The molecule has 0 unspecified atom stereocenters. The Morgan fingerprint density at radius 3 is 2.71 bits per heavy atom. The monoisotopic (exact) mass is 388 g/mol. The first kappa shape index (κ1) is 17.6. The lowest BCUT2D eigenvalue weighted by molar-refractivity contribution is 0.327. The van der Waals surface area contributed by atoms with Gasteiger partial charge in [0.15, 0.2) is 0 Å². The Morgan fingerprint density at radius 1 is 1.25 bits per heavy atom. The van der Waals surface area contributed by atoms with Gasteiger partial charge < -0.3 is 4.74 Å². The smallest absolute Gasteiger partial charge is 0.288 e. The number of fused-ring (bicyclic) bond motifs is 3. The molecule has 0 saturated heterocycles. The molecule has 136 valence electrons. The molecular weight excluding hydrogens is 376 g/mol. The molecule has 1 aromatic carbocycles. The average Bonchev–Trinajstić information content (AvgIpc) is 3.09. The maximum absolute atomic E-state index is 12.7. The fourth-order valence-corrected chi connectivity index (χ4v) is 4.06. The third kappa shape index (κ3) is 2.66. The van der Waals surface area contributed by atoms with E-state index in [4.69, 9.17) is 10.00 Å². The fraction of sp³-hybridized carbons (Fsp3) is 0.158. The number of hydrogen-bond acceptors (Lipinski definition) is 8. The quantitative estimate of drug-likeness (QED) is 0.527. The first-order valence-electron chi connectivity index (χ1n) is 8.38. The van der Waals surface area contributed by atoms with Crippen molar-refractivity contribution in [2.45, 2.75) is 13.5 Å². The van der Waals surface area contributed by atoms with Crippen LogP contribution in [0.3, 0.4) is 0 Å². The summed E-state index contributed by atoms with van der Waals surface area (Å²) >= 11 is 1.15. The van der Waals surface area contributed by atoms with Gasteiger partial charge in [-0.25, -0.2) is 4.98 Å². The summed E-state index contributed by atoms with van der Waals surface area (Å²) in [6, 6.07) is 13.4. The molecule has 0 spiro atoms. The first-order chi connectivity index (χ1) is 13.7. The third-order valence-electron chi connectivity index (χ3n) is 4.14. The molecule has 3 aromatic heterocycles. The summed E-state index contributed by atoms with van der Waals surface area (Å²) in [6.07, 6.45) is 0. The fourth-order valence-electron chi connectivity index (χ4n) is 3.00. The molecule has 0 saturated carbocycles. The number of thiophene rings is 1. The second kappa shape index (κ2) is 7.06. The number of benzene rings is 1. The highest BCUT2D eigenvalue weighted by molar-refractivity contribution is 7.25. The van der Waals surface area contributed by atoms with E-state index in [1.165, 1.54) is 0 Å². The zero-order valence-electron chi connectivity index (χ0n) is 14.7. The van der Waals surface area contributed by atoms with Gasteiger partial charge in [0.1, 0.15) is 33.2 Å². The Labute approximate surface area is 162 Å². The maximum atomic E-state index is 12.7. The number of rotatable bonds is 4. The molecule has 0 fully saturated rings. The lowest BCUT2D eigenvalue weighted by atomic mass is 9.98. The Balaban J connectivity index is 2.19. The molecule has 0 atom stereocenters. The standard InChI is InChI=1S/C19H12N6O2S/c1-2-27-17-12(10-21)13(11-6-4-3-5-7-11)14-15-16(28-18(14)22-17)19(26)25(9-8-20)24-23-15/h3-7H,2,9H2,1H3. The highest BCUT2D eigenvalue weighted by atomic mass is 32.1. The van der Waals surface area contributed by atoms with Crippen molar-refractivity contribution in [1.82, 2.24) is 20.0 Å². The summed E-state index contributed by atoms with van der Waals surface area (Å²) < 4.78 is 6.94. The van der Waals surface area contributed by atoms with Crippen LogP contribution in [0.15, 0.2) is 35.1 Å². The zero-order chi connectivity index (χ0) is 19.7. The molecule has 8 nitrogen and oxygen atoms in total. The second-order valence-corrected chi connectivity index (χ2v) is 6.75. The molecule has 9 heteroatoms. The van der Waals surface area contributed by atoms with Crippen LogP contribution in [0.2, 0.25) is 0 Å². The molecule has 0 radical (unpaired) electrons. The molecule has 0 bridgehead atoms. The van der Waals surface area contributed by atoms with E-state index in [2.05, 4.69) is 21.4 Å². The molecule has 0 amide bonds. The van der Waals surface area contributed by atoms with Crippen LogP contribution in [0.1, 0.15) is 12.5 Å². The number of aromatic nitrogens is 4. The number of nitrogens with zero attached hydrogens (tertiary/aromatic N) is 6. The average molecular weight is 388 g/mol. The van der Waals surface area contributed by atoms with Gasteiger partial charge in [-0.3, -0.25) is 4.79 Å². The van der Waals surface area contributed by atoms with Gasteiger partial charge in [0.2, 0.25) is 5.88 Å². The normalized spacial score (nSPS) is 10.7. The van der Waals surface area contributed by atoms with Gasteiger partial charge in [-0.2, -0.15) is 15.2 Å². The minimum atomic E-state index is -0.412. The number of ether oxygens (including phenoxy) is 1. The van der Waals surface area contributed by atoms with Crippen molar-refractivity contribution in [3.05, 3.63) is 46.2 Å². The van der Waals surface area contributed by atoms with Crippen molar-refractivity contribution in [2.75, 3.05) is 6.61 Å². The highest BCUT2D eigenvalue weighted by Crippen LogP contribution is 2.41. The summed E-state index contributed by atoms with van der Waals surface area (Å²) in [6.45, 7) is 1.97. The lowest BCUT2D eigenvalue weighted by Crippen LogP contribution is -2.22. The predicted octanol–water partition coefficient (Wildman–Crippen LogP) is 2.86. The largest absolute Gasteiger partial charge is 0.477 e. The molecule has 4 rings (SSSR count). The summed E-state index contributed by atoms with van der Waals surface area (Å²) in [5, 5.41) is 27.3. The van der Waals surface area contributed by atoms with Gasteiger partial charge in [0.25, 0.3) is 5.56 Å². The Bertz CT molecular complexity index is 1350. The molecule has 0 aliphatic carbocycles. The van der Waals surface area contributed by atoms with Gasteiger partial charge in [-0.1, -0.05) is 35.5 Å². The van der Waals surface area contributed by atoms with Crippen LogP contribution in [0.5, 0.6) is 5.88 Å². The summed E-state index contributed by atoms with van der Waals surface area (Å²) in [5.74, 6) is 0.216. The SMILES string of the molecule is CCOc1nc2sc3c(=O)n(CC#N)nnc3c2c(-c2ccccc2)c1C#N. The molecule has 28 heavy (non-hydrogen) atoms. The van der Waals surface area contributed by atoms with Crippen molar-refractivity contribution >= 4 is 31.8 Å². The molecule has 4 aromatic rings. The third-order valence-corrected chi connectivity index (χ3v) is 5.20. The van der Waals surface area contributed by atoms with Crippen molar-refractivity contribution in [3.63, 3.8) is 0 Å². The highest BCUT2D eigenvalue weighted by Gasteiger charge is 2.23. The Morgan fingerprint density at radius 2 is 2.04 bits per heavy atom. The van der Waals surface area contributed by atoms with Crippen LogP contribution in [0, 0.1) is 22.7 Å². The maximum Gasteiger partial charge on any atom is 0.288 e. The minimum Gasteiger partial charge on any atom is -0.477 e. The first-order valence-corrected chi connectivity index (χ1v) is 9.20. The van der Waals surface area contributed by atoms with Crippen molar-refractivity contribution < 1.29 is 4.74 Å². The van der Waals surface area contributed by atoms with Gasteiger partial charge in [0.05, 0.1) is 12.7 Å². The van der Waals surface area contributed by atoms with E-state index in [0.29, 0.717) is 32.6 Å². The van der Waals surface area contributed by atoms with Gasteiger partial charge >= 0.3 is 0 Å². The van der Waals surface area contributed by atoms with E-state index in [1.807, 2.05) is 43.3 Å². The van der Waals surface area contributed by atoms with Crippen LogP contribution in [-0.4, -0.2) is 26.6 Å². The van der Waals surface area contributed by atoms with E-state index >= 15 is 0 Å². The number of pyridine rings is 1. The summed E-state index contributed by atoms with van der Waals surface area (Å²) in [7, 11) is 0. The van der Waals surface area contributed by atoms with Crippen molar-refractivity contribution in [2.24, 2.45) is 0 Å². The van der Waals surface area contributed by atoms with Crippen LogP contribution in [0.4, 0.5) is 0 Å². The van der Waals surface area contributed by atoms with Crippen LogP contribution in [0.25, 0.3) is 31.6 Å². The van der Waals surface area contributed by atoms with Crippen molar-refractivity contribution in [3.8, 4) is 29.1 Å². The molecule has 3 heterocycles. The topological polar surface area (TPSA) is 117 Å². The van der Waals surface area contributed by atoms with Crippen LogP contribution in [-0.2, 0) is 6.54 Å². The number of hydrogen-bond donors (Lipinski definition) is 0. The Hall–Kier alpha value is -3.82. The molecule has 0 N–H and O–H groups in total. The number of nitriles is 2. The predicted molar refractivity (Wildman–Crippen MR) is 104 cm³/mol. The van der Waals surface area contributed by atoms with E-state index in [9.17, 15) is 10.1 Å². The van der Waals surface area contributed by atoms with E-state index in [1.54, 1.807) is 0 Å². The zero-order valence-corrected chi connectivity index (χ0v) is 15.5. The van der Waals surface area contributed by atoms with E-state index in [-0.39, 0.29) is 18.0 Å². The van der Waals surface area contributed by atoms with Gasteiger partial charge in [0, 0.05) is 10.9 Å². The Kier molecular flexibility index (Phi) is 4.44. The second-order valence-electron chi connectivity index (χ2n) is 5.75. The molecule has 0 aliphatic heterocycles. The van der Waals surface area contributed by atoms with Gasteiger partial charge in [-0.15, -0.1) is 16.4 Å². The van der Waals surface area contributed by atoms with Crippen LogP contribution < -0.4 is 10.3 Å². The molecular formula is C19H12N6O2S. The summed E-state index contributed by atoms with van der Waals surface area (Å²) in [5.41, 5.74) is 1.63. The van der Waals surface area contributed by atoms with Crippen LogP contribution >= 0.6 is 11.3 Å². The van der Waals surface area contributed by atoms with Gasteiger partial charge in [-0.05, 0) is 12.5 Å². The lowest BCUT2D eigenvalue weighted by Gasteiger charge is -2.11. The van der Waals surface area contributed by atoms with Crippen molar-refractivity contribution in [1.29, 1.82) is 10.5 Å². The summed E-state index contributed by atoms with van der Waals surface area (Å²) in [4.78, 5) is 17.7.